The van der Waals surface area contributed by atoms with E-state index in [4.69, 9.17) is 10.00 Å². The van der Waals surface area contributed by atoms with E-state index in [1.165, 1.54) is 5.56 Å². The molecule has 0 saturated heterocycles. The normalized spacial score (nSPS) is 10.1. The summed E-state index contributed by atoms with van der Waals surface area (Å²) < 4.78 is 5.39. The van der Waals surface area contributed by atoms with Gasteiger partial charge >= 0.3 is 0 Å². The smallest absolute Gasteiger partial charge is 0.174 e. The van der Waals surface area contributed by atoms with Gasteiger partial charge in [-0.25, -0.2) is 0 Å². The van der Waals surface area contributed by atoms with Crippen LogP contribution in [0.4, 0.5) is 0 Å². The van der Waals surface area contributed by atoms with Crippen LogP contribution in [0.2, 0.25) is 0 Å². The zero-order valence-corrected chi connectivity index (χ0v) is 9.79. The second kappa shape index (κ2) is 4.84. The van der Waals surface area contributed by atoms with Crippen molar-refractivity contribution in [3.63, 3.8) is 0 Å². The maximum atomic E-state index is 8.48. The highest BCUT2D eigenvalue weighted by molar-refractivity contribution is 5.44. The van der Waals surface area contributed by atoms with Gasteiger partial charge < -0.3 is 4.74 Å². The third-order valence-corrected chi connectivity index (χ3v) is 2.43. The number of nitrogens with zero attached hydrogens (tertiary/aromatic N) is 1. The van der Waals surface area contributed by atoms with Gasteiger partial charge in [0.25, 0.3) is 0 Å². The summed E-state index contributed by atoms with van der Waals surface area (Å²) >= 11 is 0. The molecule has 0 aliphatic heterocycles. The zero-order valence-electron chi connectivity index (χ0n) is 9.79. The van der Waals surface area contributed by atoms with Gasteiger partial charge in [0, 0.05) is 0 Å². The lowest BCUT2D eigenvalue weighted by Gasteiger charge is -2.13. The van der Waals surface area contributed by atoms with Gasteiger partial charge in [-0.2, -0.15) is 5.26 Å². The van der Waals surface area contributed by atoms with Crippen molar-refractivity contribution in [3.05, 3.63) is 28.8 Å². The molecule has 0 radical (unpaired) electrons. The Hall–Kier alpha value is -1.49. The average molecular weight is 203 g/mol. The Kier molecular flexibility index (Phi) is 3.74. The second-order valence-corrected chi connectivity index (χ2v) is 4.09. The number of hydrogen-bond donors (Lipinski definition) is 0. The molecule has 1 rings (SSSR count). The molecule has 0 aliphatic carbocycles. The standard InChI is InChI=1S/C13H17NO/c1-9(2)12-7-10(3)13(11(4)8-12)15-6-5-14/h7-9H,6H2,1-4H3. The Balaban J connectivity index is 3.05. The zero-order chi connectivity index (χ0) is 11.4. The van der Waals surface area contributed by atoms with Crippen LogP contribution in [0.15, 0.2) is 12.1 Å². The largest absolute Gasteiger partial charge is 0.478 e. The molecule has 0 bridgehead atoms. The number of rotatable bonds is 3. The minimum atomic E-state index is 0.114. The predicted molar refractivity (Wildman–Crippen MR) is 61.1 cm³/mol. The fraction of sp³-hybridized carbons (Fsp3) is 0.462. The monoisotopic (exact) mass is 203 g/mol. The van der Waals surface area contributed by atoms with Gasteiger partial charge in [-0.1, -0.05) is 26.0 Å². The highest BCUT2D eigenvalue weighted by atomic mass is 16.5. The van der Waals surface area contributed by atoms with E-state index in [1.54, 1.807) is 0 Å². The highest BCUT2D eigenvalue weighted by Crippen LogP contribution is 2.27. The molecule has 0 amide bonds. The van der Waals surface area contributed by atoms with E-state index in [1.807, 2.05) is 19.9 Å². The molecule has 0 aliphatic rings. The molecular formula is C13H17NO. The summed E-state index contributed by atoms with van der Waals surface area (Å²) in [7, 11) is 0. The van der Waals surface area contributed by atoms with E-state index in [9.17, 15) is 0 Å². The Bertz CT molecular complexity index is 365. The molecule has 0 spiro atoms. The van der Waals surface area contributed by atoms with E-state index >= 15 is 0 Å². The van der Waals surface area contributed by atoms with E-state index < -0.39 is 0 Å². The summed E-state index contributed by atoms with van der Waals surface area (Å²) in [6.45, 7) is 8.49. The molecule has 0 saturated carbocycles. The molecule has 1 aromatic carbocycles. The molecule has 0 heterocycles. The van der Waals surface area contributed by atoms with Crippen molar-refractivity contribution < 1.29 is 4.74 Å². The van der Waals surface area contributed by atoms with Crippen LogP contribution < -0.4 is 4.74 Å². The summed E-state index contributed by atoms with van der Waals surface area (Å²) in [6.07, 6.45) is 0. The van der Waals surface area contributed by atoms with Gasteiger partial charge in [-0.3, -0.25) is 0 Å². The molecule has 80 valence electrons. The Morgan fingerprint density at radius 1 is 1.27 bits per heavy atom. The molecule has 0 atom stereocenters. The maximum absolute atomic E-state index is 8.48. The van der Waals surface area contributed by atoms with Crippen molar-refractivity contribution >= 4 is 0 Å². The van der Waals surface area contributed by atoms with Crippen LogP contribution >= 0.6 is 0 Å². The molecule has 2 nitrogen and oxygen atoms in total. The Morgan fingerprint density at radius 2 is 1.80 bits per heavy atom. The second-order valence-electron chi connectivity index (χ2n) is 4.09. The van der Waals surface area contributed by atoms with Crippen LogP contribution in [0, 0.1) is 25.2 Å². The summed E-state index contributed by atoms with van der Waals surface area (Å²) in [5.41, 5.74) is 3.53. The first kappa shape index (κ1) is 11.6. The fourth-order valence-electron chi connectivity index (χ4n) is 1.65. The molecule has 1 aromatic rings. The molecule has 0 aromatic heterocycles. The number of hydrogen-bond acceptors (Lipinski definition) is 2. The van der Waals surface area contributed by atoms with E-state index in [0.717, 1.165) is 16.9 Å². The lowest BCUT2D eigenvalue weighted by atomic mass is 9.98. The average Bonchev–Trinajstić information content (AvgIpc) is 2.16. The van der Waals surface area contributed by atoms with E-state index in [0.29, 0.717) is 5.92 Å². The van der Waals surface area contributed by atoms with Crippen LogP contribution in [0.25, 0.3) is 0 Å². The van der Waals surface area contributed by atoms with E-state index in [-0.39, 0.29) is 6.61 Å². The van der Waals surface area contributed by atoms with Crippen molar-refractivity contribution in [2.24, 2.45) is 0 Å². The van der Waals surface area contributed by atoms with Gasteiger partial charge in [-0.05, 0) is 36.5 Å². The number of aryl methyl sites for hydroxylation is 2. The first-order chi connectivity index (χ1) is 7.06. The first-order valence-corrected chi connectivity index (χ1v) is 5.17. The fourth-order valence-corrected chi connectivity index (χ4v) is 1.65. The predicted octanol–water partition coefficient (Wildman–Crippen LogP) is 3.33. The van der Waals surface area contributed by atoms with Gasteiger partial charge in [0.15, 0.2) is 6.61 Å². The Labute approximate surface area is 91.5 Å². The first-order valence-electron chi connectivity index (χ1n) is 5.17. The molecule has 0 fully saturated rings. The minimum absolute atomic E-state index is 0.114. The quantitative estimate of drug-likeness (QED) is 0.754. The van der Waals surface area contributed by atoms with Gasteiger partial charge in [0.1, 0.15) is 11.8 Å². The molecule has 2 heteroatoms. The van der Waals surface area contributed by atoms with E-state index in [2.05, 4.69) is 26.0 Å². The lowest BCUT2D eigenvalue weighted by molar-refractivity contribution is 0.362. The van der Waals surface area contributed by atoms with Crippen LogP contribution in [0.3, 0.4) is 0 Å². The van der Waals surface area contributed by atoms with Gasteiger partial charge in [0.05, 0.1) is 0 Å². The van der Waals surface area contributed by atoms with Crippen LogP contribution in [0.5, 0.6) is 5.75 Å². The van der Waals surface area contributed by atoms with Crippen LogP contribution in [0.1, 0.15) is 36.5 Å². The summed E-state index contributed by atoms with van der Waals surface area (Å²) in [5.74, 6) is 1.37. The van der Waals surface area contributed by atoms with Crippen molar-refractivity contribution in [1.29, 1.82) is 5.26 Å². The highest BCUT2D eigenvalue weighted by Gasteiger charge is 2.08. The van der Waals surface area contributed by atoms with Gasteiger partial charge in [-0.15, -0.1) is 0 Å². The number of benzene rings is 1. The molecule has 0 unspecified atom stereocenters. The number of ether oxygens (including phenoxy) is 1. The molecule has 15 heavy (non-hydrogen) atoms. The number of nitriles is 1. The van der Waals surface area contributed by atoms with Crippen LogP contribution in [-0.2, 0) is 0 Å². The third kappa shape index (κ3) is 2.73. The van der Waals surface area contributed by atoms with Crippen molar-refractivity contribution in [3.8, 4) is 11.8 Å². The maximum Gasteiger partial charge on any atom is 0.174 e. The van der Waals surface area contributed by atoms with Crippen molar-refractivity contribution in [1.82, 2.24) is 0 Å². The Morgan fingerprint density at radius 3 is 2.20 bits per heavy atom. The minimum Gasteiger partial charge on any atom is -0.478 e. The SMILES string of the molecule is Cc1cc(C(C)C)cc(C)c1OCC#N. The van der Waals surface area contributed by atoms with Crippen LogP contribution in [-0.4, -0.2) is 6.61 Å². The summed E-state index contributed by atoms with van der Waals surface area (Å²) in [6, 6.07) is 6.24. The van der Waals surface area contributed by atoms with Gasteiger partial charge in [0.2, 0.25) is 0 Å². The van der Waals surface area contributed by atoms with Crippen molar-refractivity contribution in [2.45, 2.75) is 33.6 Å². The topological polar surface area (TPSA) is 33.0 Å². The summed E-state index contributed by atoms with van der Waals surface area (Å²) in [4.78, 5) is 0. The lowest BCUT2D eigenvalue weighted by Crippen LogP contribution is -2.00. The summed E-state index contributed by atoms with van der Waals surface area (Å²) in [5, 5.41) is 8.48. The third-order valence-electron chi connectivity index (χ3n) is 2.43. The molecule has 0 N–H and O–H groups in total. The molecular weight excluding hydrogens is 186 g/mol. The van der Waals surface area contributed by atoms with Crippen molar-refractivity contribution in [2.75, 3.05) is 6.61 Å².